The maximum absolute atomic E-state index is 5.38. The molecule has 0 radical (unpaired) electrons. The fourth-order valence-electron chi connectivity index (χ4n) is 2.67. The normalized spacial score (nSPS) is 17.9. The van der Waals surface area contributed by atoms with Gasteiger partial charge in [0.15, 0.2) is 5.82 Å². The fraction of sp³-hybridized carbons (Fsp3) is 0.312. The monoisotopic (exact) mass is 296 g/mol. The Morgan fingerprint density at radius 2 is 2.14 bits per heavy atom. The van der Waals surface area contributed by atoms with Crippen LogP contribution >= 0.6 is 0 Å². The second kappa shape index (κ2) is 5.73. The van der Waals surface area contributed by atoms with Crippen molar-refractivity contribution in [1.82, 2.24) is 19.7 Å². The van der Waals surface area contributed by atoms with E-state index in [1.54, 1.807) is 6.20 Å². The molecule has 1 fully saturated rings. The zero-order valence-corrected chi connectivity index (χ0v) is 12.1. The number of aromatic nitrogens is 4. The molecule has 0 amide bonds. The first-order chi connectivity index (χ1) is 10.9. The number of rotatable bonds is 4. The Balaban J connectivity index is 1.56. The first-order valence-corrected chi connectivity index (χ1v) is 7.37. The largest absolute Gasteiger partial charge is 0.381 e. The zero-order valence-electron chi connectivity index (χ0n) is 12.1. The standard InChI is InChI=1S/C16H16N4O2/c1-2-4-12(5-3-1)16-17-7-8-20(16)10-14-18-15(19-22-14)13-6-9-21-11-13/h1-5,7-8,13H,6,9-11H2/t13-/m0/s1. The van der Waals surface area contributed by atoms with Crippen LogP contribution in [0, 0.1) is 0 Å². The Hall–Kier alpha value is -2.47. The minimum absolute atomic E-state index is 0.258. The lowest BCUT2D eigenvalue weighted by molar-refractivity contribution is 0.192. The van der Waals surface area contributed by atoms with Gasteiger partial charge >= 0.3 is 0 Å². The quantitative estimate of drug-likeness (QED) is 0.740. The van der Waals surface area contributed by atoms with E-state index in [0.717, 1.165) is 30.2 Å². The van der Waals surface area contributed by atoms with Crippen LogP contribution in [0.25, 0.3) is 11.4 Å². The molecule has 3 aromatic rings. The molecule has 0 saturated carbocycles. The summed E-state index contributed by atoms with van der Waals surface area (Å²) in [6.45, 7) is 1.97. The Morgan fingerprint density at radius 3 is 2.95 bits per heavy atom. The molecule has 2 aromatic heterocycles. The van der Waals surface area contributed by atoms with Gasteiger partial charge in [-0.15, -0.1) is 0 Å². The smallest absolute Gasteiger partial charge is 0.246 e. The second-order valence-electron chi connectivity index (χ2n) is 5.35. The van der Waals surface area contributed by atoms with E-state index in [-0.39, 0.29) is 5.92 Å². The zero-order chi connectivity index (χ0) is 14.8. The molecule has 112 valence electrons. The summed E-state index contributed by atoms with van der Waals surface area (Å²) in [4.78, 5) is 8.92. The lowest BCUT2D eigenvalue weighted by Crippen LogP contribution is -2.03. The van der Waals surface area contributed by atoms with Crippen molar-refractivity contribution in [3.8, 4) is 11.4 Å². The second-order valence-corrected chi connectivity index (χ2v) is 5.35. The van der Waals surface area contributed by atoms with Crippen molar-refractivity contribution in [2.24, 2.45) is 0 Å². The molecule has 6 heteroatoms. The molecule has 0 bridgehead atoms. The third-order valence-corrected chi connectivity index (χ3v) is 3.83. The van der Waals surface area contributed by atoms with Crippen molar-refractivity contribution >= 4 is 0 Å². The summed E-state index contributed by atoms with van der Waals surface area (Å²) >= 11 is 0. The van der Waals surface area contributed by atoms with Crippen LogP contribution in [-0.4, -0.2) is 32.9 Å². The van der Waals surface area contributed by atoms with Crippen molar-refractivity contribution in [3.63, 3.8) is 0 Å². The molecule has 1 aliphatic heterocycles. The number of nitrogens with zero attached hydrogens (tertiary/aromatic N) is 4. The first-order valence-electron chi connectivity index (χ1n) is 7.37. The highest BCUT2D eigenvalue weighted by atomic mass is 16.5. The van der Waals surface area contributed by atoms with Gasteiger partial charge in [-0.1, -0.05) is 35.5 Å². The topological polar surface area (TPSA) is 66.0 Å². The van der Waals surface area contributed by atoms with E-state index in [2.05, 4.69) is 15.1 Å². The minimum atomic E-state index is 0.258. The Morgan fingerprint density at radius 1 is 1.23 bits per heavy atom. The average Bonchev–Trinajstić information content (AvgIpc) is 3.30. The molecule has 4 rings (SSSR count). The first kappa shape index (κ1) is 13.2. The molecule has 1 atom stereocenters. The van der Waals surface area contributed by atoms with Crippen LogP contribution in [0.2, 0.25) is 0 Å². The highest BCUT2D eigenvalue weighted by Gasteiger charge is 2.23. The molecule has 22 heavy (non-hydrogen) atoms. The number of hydrogen-bond acceptors (Lipinski definition) is 5. The molecule has 0 aliphatic carbocycles. The van der Waals surface area contributed by atoms with Gasteiger partial charge in [0.05, 0.1) is 6.61 Å². The summed E-state index contributed by atoms with van der Waals surface area (Å²) in [5, 5.41) is 4.08. The summed E-state index contributed by atoms with van der Waals surface area (Å²) in [5.41, 5.74) is 1.07. The van der Waals surface area contributed by atoms with Crippen LogP contribution in [0.15, 0.2) is 47.2 Å². The molecule has 6 nitrogen and oxygen atoms in total. The summed E-state index contributed by atoms with van der Waals surface area (Å²) < 4.78 is 12.8. The van der Waals surface area contributed by atoms with E-state index >= 15 is 0 Å². The van der Waals surface area contributed by atoms with E-state index in [0.29, 0.717) is 19.0 Å². The molecule has 1 aliphatic rings. The molecule has 0 N–H and O–H groups in total. The van der Waals surface area contributed by atoms with E-state index < -0.39 is 0 Å². The number of hydrogen-bond donors (Lipinski definition) is 0. The van der Waals surface area contributed by atoms with Gasteiger partial charge in [0.2, 0.25) is 5.89 Å². The highest BCUT2D eigenvalue weighted by Crippen LogP contribution is 2.23. The van der Waals surface area contributed by atoms with Gasteiger partial charge in [0, 0.05) is 30.5 Å². The Kier molecular flexibility index (Phi) is 3.44. The van der Waals surface area contributed by atoms with Gasteiger partial charge in [-0.25, -0.2) is 4.98 Å². The molecule has 1 saturated heterocycles. The van der Waals surface area contributed by atoms with Crippen molar-refractivity contribution in [2.75, 3.05) is 13.2 Å². The number of ether oxygens (including phenoxy) is 1. The predicted octanol–water partition coefficient (Wildman–Crippen LogP) is 2.49. The molecule has 0 spiro atoms. The predicted molar refractivity (Wildman–Crippen MR) is 79.2 cm³/mol. The third-order valence-electron chi connectivity index (χ3n) is 3.83. The van der Waals surface area contributed by atoms with E-state index in [1.807, 2.05) is 41.1 Å². The van der Waals surface area contributed by atoms with E-state index in [9.17, 15) is 0 Å². The van der Waals surface area contributed by atoms with Crippen LogP contribution in [0.1, 0.15) is 24.1 Å². The molecular formula is C16H16N4O2. The third kappa shape index (κ3) is 2.53. The van der Waals surface area contributed by atoms with Crippen molar-refractivity contribution in [1.29, 1.82) is 0 Å². The van der Waals surface area contributed by atoms with Crippen LogP contribution in [0.3, 0.4) is 0 Å². The fourth-order valence-corrected chi connectivity index (χ4v) is 2.67. The van der Waals surface area contributed by atoms with Crippen LogP contribution in [-0.2, 0) is 11.3 Å². The highest BCUT2D eigenvalue weighted by molar-refractivity contribution is 5.55. The van der Waals surface area contributed by atoms with Gasteiger partial charge in [-0.3, -0.25) is 0 Å². The Bertz CT molecular complexity index is 744. The lowest BCUT2D eigenvalue weighted by Gasteiger charge is -2.04. The minimum Gasteiger partial charge on any atom is -0.381 e. The van der Waals surface area contributed by atoms with E-state index in [1.165, 1.54) is 0 Å². The summed E-state index contributed by atoms with van der Waals surface area (Å²) in [6.07, 6.45) is 4.66. The van der Waals surface area contributed by atoms with Crippen LogP contribution in [0.5, 0.6) is 0 Å². The lowest BCUT2D eigenvalue weighted by atomic mass is 10.1. The van der Waals surface area contributed by atoms with Crippen LogP contribution < -0.4 is 0 Å². The van der Waals surface area contributed by atoms with Crippen LogP contribution in [0.4, 0.5) is 0 Å². The van der Waals surface area contributed by atoms with Gasteiger partial charge in [0.25, 0.3) is 0 Å². The summed E-state index contributed by atoms with van der Waals surface area (Å²) in [7, 11) is 0. The number of benzene rings is 1. The Labute approximate surface area is 127 Å². The van der Waals surface area contributed by atoms with Crippen molar-refractivity contribution in [2.45, 2.75) is 18.9 Å². The van der Waals surface area contributed by atoms with Crippen molar-refractivity contribution < 1.29 is 9.26 Å². The molecule has 1 aromatic carbocycles. The summed E-state index contributed by atoms with van der Waals surface area (Å²) in [6, 6.07) is 10.1. The SMILES string of the molecule is c1ccc(-c2nccn2Cc2nc([C@H]3CCOC3)no2)cc1. The molecule has 3 heterocycles. The number of imidazole rings is 1. The maximum atomic E-state index is 5.38. The molecule has 0 unspecified atom stereocenters. The maximum Gasteiger partial charge on any atom is 0.246 e. The van der Waals surface area contributed by atoms with E-state index in [4.69, 9.17) is 9.26 Å². The van der Waals surface area contributed by atoms with Gasteiger partial charge in [0.1, 0.15) is 12.4 Å². The van der Waals surface area contributed by atoms with Gasteiger partial charge < -0.3 is 13.8 Å². The van der Waals surface area contributed by atoms with Crippen molar-refractivity contribution in [3.05, 3.63) is 54.4 Å². The van der Waals surface area contributed by atoms with Gasteiger partial charge in [-0.2, -0.15) is 4.98 Å². The summed E-state index contributed by atoms with van der Waals surface area (Å²) in [5.74, 6) is 2.49. The molecular weight excluding hydrogens is 280 g/mol. The van der Waals surface area contributed by atoms with Gasteiger partial charge in [-0.05, 0) is 6.42 Å². The average molecular weight is 296 g/mol.